The number of hydrogen-bond donors (Lipinski definition) is 1. The molecule has 1 aliphatic rings. The molecule has 2 heteroatoms. The van der Waals surface area contributed by atoms with E-state index in [-0.39, 0.29) is 0 Å². The van der Waals surface area contributed by atoms with Crippen LogP contribution in [0.4, 0.5) is 0 Å². The van der Waals surface area contributed by atoms with Gasteiger partial charge in [-0.3, -0.25) is 7.05 Å². The Kier molecular flexibility index (Phi) is 2.23. The Labute approximate surface area is 78.8 Å². The normalized spacial score (nSPS) is 17.9. The van der Waals surface area contributed by atoms with Crippen molar-refractivity contribution in [2.24, 2.45) is 0 Å². The monoisotopic (exact) mass is 176 g/mol. The predicted molar refractivity (Wildman–Crippen MR) is 52.2 cm³/mol. The average Bonchev–Trinajstić information content (AvgIpc) is 2.25. The summed E-state index contributed by atoms with van der Waals surface area (Å²) in [4.78, 5) is 2.05. The van der Waals surface area contributed by atoms with Gasteiger partial charge in [0.05, 0.1) is 0 Å². The van der Waals surface area contributed by atoms with Crippen LogP contribution in [0.15, 0.2) is 18.2 Å². The van der Waals surface area contributed by atoms with E-state index in [2.05, 4.69) is 7.05 Å². The number of aryl methyl sites for hydroxylation is 1. The highest BCUT2D eigenvalue weighted by Gasteiger charge is 2.08. The molecule has 0 saturated carbocycles. The van der Waals surface area contributed by atoms with Crippen LogP contribution < -0.4 is 0 Å². The molecule has 0 saturated heterocycles. The van der Waals surface area contributed by atoms with E-state index < -0.39 is 0 Å². The van der Waals surface area contributed by atoms with Crippen molar-refractivity contribution >= 4 is 0 Å². The topological polar surface area (TPSA) is 23.5 Å². The van der Waals surface area contributed by atoms with Gasteiger partial charge in [-0.1, -0.05) is 6.07 Å². The molecular weight excluding hydrogens is 162 g/mol. The zero-order valence-electron chi connectivity index (χ0n) is 7.66. The maximum atomic E-state index is 9.33. The minimum atomic E-state index is 0.356. The quantitative estimate of drug-likeness (QED) is 0.610. The average molecular weight is 176 g/mol. The van der Waals surface area contributed by atoms with Crippen LogP contribution in [0.25, 0.3) is 0 Å². The Morgan fingerprint density at radius 1 is 1.31 bits per heavy atom. The molecule has 70 valence electrons. The van der Waals surface area contributed by atoms with Gasteiger partial charge in [0.2, 0.25) is 0 Å². The lowest BCUT2D eigenvalue weighted by Crippen LogP contribution is -2.14. The lowest BCUT2D eigenvalue weighted by atomic mass is 10.0. The zero-order valence-corrected chi connectivity index (χ0v) is 7.66. The fraction of sp³-hybridized carbons (Fsp3) is 0.364. The van der Waals surface area contributed by atoms with Gasteiger partial charge in [-0.2, -0.15) is 0 Å². The summed E-state index contributed by atoms with van der Waals surface area (Å²) in [6.45, 7) is 1.89. The Balaban J connectivity index is 2.35. The highest BCUT2D eigenvalue weighted by molar-refractivity contribution is 5.35. The van der Waals surface area contributed by atoms with Gasteiger partial charge in [-0.05, 0) is 49.2 Å². The van der Waals surface area contributed by atoms with Crippen LogP contribution in [-0.2, 0) is 13.0 Å². The maximum absolute atomic E-state index is 9.33. The van der Waals surface area contributed by atoms with E-state index in [1.807, 2.05) is 17.0 Å². The molecule has 0 aliphatic carbocycles. The smallest absolute Gasteiger partial charge is 0.115 e. The Morgan fingerprint density at radius 2 is 2.15 bits per heavy atom. The fourth-order valence-electron chi connectivity index (χ4n) is 1.82. The van der Waals surface area contributed by atoms with E-state index in [1.165, 1.54) is 11.1 Å². The minimum absolute atomic E-state index is 0.356. The first-order valence-electron chi connectivity index (χ1n) is 4.62. The lowest BCUT2D eigenvalue weighted by molar-refractivity contribution is 0.368. The highest BCUT2D eigenvalue weighted by Crippen LogP contribution is 2.22. The summed E-state index contributed by atoms with van der Waals surface area (Å²) in [7, 11) is 3.94. The Morgan fingerprint density at radius 3 is 3.00 bits per heavy atom. The number of aromatic hydroxyl groups is 1. The van der Waals surface area contributed by atoms with Gasteiger partial charge < -0.3 is 10.0 Å². The summed E-state index contributed by atoms with van der Waals surface area (Å²) in [5.41, 5.74) is 2.57. The highest BCUT2D eigenvalue weighted by atomic mass is 16.3. The van der Waals surface area contributed by atoms with Crippen molar-refractivity contribution in [2.45, 2.75) is 19.4 Å². The van der Waals surface area contributed by atoms with E-state index >= 15 is 0 Å². The SMILES string of the molecule is [CH2-]N1CCCc2ccc(O)cc2C1. The molecule has 1 aromatic rings. The number of nitrogens with zero attached hydrogens (tertiary/aromatic N) is 1. The molecule has 0 amide bonds. The van der Waals surface area contributed by atoms with Crippen molar-refractivity contribution in [1.82, 2.24) is 4.90 Å². The van der Waals surface area contributed by atoms with Crippen molar-refractivity contribution in [3.63, 3.8) is 0 Å². The number of fused-ring (bicyclic) bond motifs is 1. The molecule has 1 heterocycles. The van der Waals surface area contributed by atoms with E-state index in [0.717, 1.165) is 25.9 Å². The number of hydrogen-bond acceptors (Lipinski definition) is 2. The Bertz CT molecular complexity index is 309. The van der Waals surface area contributed by atoms with Crippen molar-refractivity contribution in [2.75, 3.05) is 6.54 Å². The standard InChI is InChI=1S/C11H14NO/c1-12-6-2-3-9-4-5-11(13)7-10(9)8-12/h4-5,7,13H,1-3,6,8H2/q-1. The maximum Gasteiger partial charge on any atom is 0.115 e. The molecule has 1 aliphatic heterocycles. The van der Waals surface area contributed by atoms with Crippen LogP contribution in [0, 0.1) is 7.05 Å². The first-order valence-corrected chi connectivity index (χ1v) is 4.62. The van der Waals surface area contributed by atoms with E-state index in [4.69, 9.17) is 0 Å². The summed E-state index contributed by atoms with van der Waals surface area (Å²) in [6.07, 6.45) is 2.25. The summed E-state index contributed by atoms with van der Waals surface area (Å²) >= 11 is 0. The van der Waals surface area contributed by atoms with Crippen molar-refractivity contribution < 1.29 is 5.11 Å². The molecule has 2 rings (SSSR count). The number of rotatable bonds is 0. The van der Waals surface area contributed by atoms with Gasteiger partial charge >= 0.3 is 0 Å². The molecule has 2 nitrogen and oxygen atoms in total. The van der Waals surface area contributed by atoms with Gasteiger partial charge in [0.15, 0.2) is 0 Å². The van der Waals surface area contributed by atoms with Crippen LogP contribution in [0.5, 0.6) is 5.75 Å². The molecule has 1 N–H and O–H groups in total. The second kappa shape index (κ2) is 3.38. The Hall–Kier alpha value is -1.02. The van der Waals surface area contributed by atoms with E-state index in [9.17, 15) is 5.11 Å². The molecule has 0 spiro atoms. The van der Waals surface area contributed by atoms with E-state index in [0.29, 0.717) is 5.75 Å². The first kappa shape index (κ1) is 8.57. The number of phenols is 1. The summed E-state index contributed by atoms with van der Waals surface area (Å²) in [5.74, 6) is 0.356. The van der Waals surface area contributed by atoms with Crippen molar-refractivity contribution in [3.05, 3.63) is 36.4 Å². The van der Waals surface area contributed by atoms with Crippen LogP contribution >= 0.6 is 0 Å². The van der Waals surface area contributed by atoms with Gasteiger partial charge in [0, 0.05) is 0 Å². The van der Waals surface area contributed by atoms with Gasteiger partial charge in [-0.15, -0.1) is 0 Å². The molecule has 0 radical (unpaired) electrons. The molecule has 0 unspecified atom stereocenters. The van der Waals surface area contributed by atoms with Crippen LogP contribution in [0.3, 0.4) is 0 Å². The molecule has 0 aromatic heterocycles. The second-order valence-corrected chi connectivity index (χ2v) is 3.61. The number of phenolic OH excluding ortho intramolecular Hbond substituents is 1. The fourth-order valence-corrected chi connectivity index (χ4v) is 1.82. The van der Waals surface area contributed by atoms with E-state index in [1.54, 1.807) is 6.07 Å². The second-order valence-electron chi connectivity index (χ2n) is 3.61. The van der Waals surface area contributed by atoms with Crippen molar-refractivity contribution in [3.8, 4) is 5.75 Å². The zero-order chi connectivity index (χ0) is 9.26. The predicted octanol–water partition coefficient (Wildman–Crippen LogP) is 1.93. The van der Waals surface area contributed by atoms with Crippen molar-refractivity contribution in [1.29, 1.82) is 0 Å². The van der Waals surface area contributed by atoms with Gasteiger partial charge in [0.1, 0.15) is 5.75 Å². The molecule has 1 aromatic carbocycles. The largest absolute Gasteiger partial charge is 0.508 e. The van der Waals surface area contributed by atoms with Gasteiger partial charge in [0.25, 0.3) is 0 Å². The molecular formula is C11H14NO-. The summed E-state index contributed by atoms with van der Waals surface area (Å²) in [5, 5.41) is 9.33. The molecule has 0 bridgehead atoms. The molecule has 13 heavy (non-hydrogen) atoms. The number of benzene rings is 1. The third-order valence-electron chi connectivity index (χ3n) is 2.50. The van der Waals surface area contributed by atoms with Crippen LogP contribution in [0.2, 0.25) is 0 Å². The van der Waals surface area contributed by atoms with Gasteiger partial charge in [-0.25, -0.2) is 0 Å². The molecule has 0 fully saturated rings. The minimum Gasteiger partial charge on any atom is -0.508 e. The van der Waals surface area contributed by atoms with Crippen LogP contribution in [0.1, 0.15) is 17.5 Å². The van der Waals surface area contributed by atoms with Crippen LogP contribution in [-0.4, -0.2) is 16.6 Å². The molecule has 0 atom stereocenters. The first-order chi connectivity index (χ1) is 6.25. The third kappa shape index (κ3) is 1.83. The summed E-state index contributed by atoms with van der Waals surface area (Å²) < 4.78 is 0. The third-order valence-corrected chi connectivity index (χ3v) is 2.50. The summed E-state index contributed by atoms with van der Waals surface area (Å²) in [6, 6.07) is 5.63. The lowest BCUT2D eigenvalue weighted by Gasteiger charge is -2.22.